The van der Waals surface area contributed by atoms with Gasteiger partial charge in [0.15, 0.2) is 0 Å². The smallest absolute Gasteiger partial charge is 0.206 e. The molecule has 8 bridgehead atoms. The fourth-order valence-electron chi connectivity index (χ4n) is 7.00. The van der Waals surface area contributed by atoms with Crippen molar-refractivity contribution in [3.63, 3.8) is 0 Å². The molecule has 0 aliphatic carbocycles. The van der Waals surface area contributed by atoms with E-state index in [-0.39, 0.29) is 0 Å². The lowest BCUT2D eigenvalue weighted by Gasteiger charge is -2.36. The Morgan fingerprint density at radius 1 is 0.250 bits per heavy atom. The topological polar surface area (TPSA) is 18.5 Å². The van der Waals surface area contributed by atoms with Gasteiger partial charge in [-0.15, -0.1) is 0 Å². The maximum absolute atomic E-state index is 7.20. The standard InChI is InChI=1S/C36H52O2Si6/c1-39(2)29-13-21-33(22-14-29)41(5,6)37-43(9,10)35-25-17-31(18-26-35)40(3,4)32-19-27-36(28-20-32)44(11,12)38-42(7,8)34-23-15-30(39)16-24-34/h13-28H,1-12H3. The predicted molar refractivity (Wildman–Crippen MR) is 210 cm³/mol. The van der Waals surface area contributed by atoms with Gasteiger partial charge in [0, 0.05) is 0 Å². The zero-order chi connectivity index (χ0) is 32.3. The van der Waals surface area contributed by atoms with Gasteiger partial charge in [-0.2, -0.15) is 0 Å². The van der Waals surface area contributed by atoms with Crippen molar-refractivity contribution in [1.29, 1.82) is 0 Å². The second-order valence-corrected chi connectivity index (χ2v) is 40.6. The van der Waals surface area contributed by atoms with E-state index in [1.807, 2.05) is 0 Å². The minimum absolute atomic E-state index is 1.38. The number of hydrogen-bond donors (Lipinski definition) is 0. The quantitative estimate of drug-likeness (QED) is 0.250. The summed E-state index contributed by atoms with van der Waals surface area (Å²) in [6, 6.07) is 38.1. The first-order chi connectivity index (χ1) is 20.3. The Hall–Kier alpha value is -1.90. The van der Waals surface area contributed by atoms with Crippen LogP contribution >= 0.6 is 0 Å². The first-order valence-corrected chi connectivity index (χ1v) is 33.7. The van der Waals surface area contributed by atoms with E-state index in [1.165, 1.54) is 41.5 Å². The Bertz CT molecular complexity index is 1380. The van der Waals surface area contributed by atoms with Gasteiger partial charge in [-0.3, -0.25) is 0 Å². The first kappa shape index (κ1) is 33.5. The highest BCUT2D eigenvalue weighted by molar-refractivity contribution is 7.02. The van der Waals surface area contributed by atoms with Crippen molar-refractivity contribution in [2.45, 2.75) is 78.6 Å². The van der Waals surface area contributed by atoms with E-state index >= 15 is 0 Å². The highest BCUT2D eigenvalue weighted by Crippen LogP contribution is 2.18. The van der Waals surface area contributed by atoms with Crippen LogP contribution in [0.25, 0.3) is 0 Å². The van der Waals surface area contributed by atoms with Crippen LogP contribution < -0.4 is 41.5 Å². The molecule has 0 spiro atoms. The van der Waals surface area contributed by atoms with Crippen molar-refractivity contribution >= 4 is 90.9 Å². The van der Waals surface area contributed by atoms with E-state index in [9.17, 15) is 0 Å². The molecule has 8 heteroatoms. The van der Waals surface area contributed by atoms with Gasteiger partial charge < -0.3 is 8.23 Å². The van der Waals surface area contributed by atoms with E-state index < -0.39 is 49.4 Å². The molecule has 0 radical (unpaired) electrons. The van der Waals surface area contributed by atoms with Crippen LogP contribution in [-0.4, -0.2) is 49.4 Å². The molecule has 0 fully saturated rings. The lowest BCUT2D eigenvalue weighted by atomic mass is 10.3. The third-order valence-corrected chi connectivity index (χ3v) is 32.4. The van der Waals surface area contributed by atoms with Crippen molar-refractivity contribution in [3.05, 3.63) is 97.1 Å². The lowest BCUT2D eigenvalue weighted by molar-refractivity contribution is 0.572. The first-order valence-electron chi connectivity index (χ1n) is 16.1. The van der Waals surface area contributed by atoms with Crippen LogP contribution in [0.5, 0.6) is 0 Å². The molecule has 0 aromatic heterocycles. The van der Waals surface area contributed by atoms with Crippen LogP contribution in [-0.2, 0) is 8.23 Å². The molecular formula is C36H52O2Si6. The van der Waals surface area contributed by atoms with Crippen LogP contribution in [0.3, 0.4) is 0 Å². The summed E-state index contributed by atoms with van der Waals surface area (Å²) in [5, 5.41) is 11.4. The average molecular weight is 685 g/mol. The van der Waals surface area contributed by atoms with Gasteiger partial charge in [0.2, 0.25) is 33.3 Å². The Morgan fingerprint density at radius 2 is 0.386 bits per heavy atom. The minimum atomic E-state index is -2.12. The van der Waals surface area contributed by atoms with Crippen molar-refractivity contribution < 1.29 is 8.23 Å². The van der Waals surface area contributed by atoms with Gasteiger partial charge in [-0.1, -0.05) is 144 Å². The third kappa shape index (κ3) is 6.37. The molecule has 44 heavy (non-hydrogen) atoms. The molecule has 7 aliphatic heterocycles. The summed E-state index contributed by atoms with van der Waals surface area (Å²) in [5.41, 5.74) is 0. The van der Waals surface area contributed by atoms with Gasteiger partial charge >= 0.3 is 0 Å². The summed E-state index contributed by atoms with van der Waals surface area (Å²) < 4.78 is 14.4. The number of benzene rings is 4. The Labute approximate surface area is 273 Å². The van der Waals surface area contributed by atoms with Crippen molar-refractivity contribution in [3.8, 4) is 0 Å². The lowest BCUT2D eigenvalue weighted by Crippen LogP contribution is -2.60. The van der Waals surface area contributed by atoms with Crippen LogP contribution in [0, 0.1) is 0 Å². The van der Waals surface area contributed by atoms with Crippen LogP contribution in [0.2, 0.25) is 78.6 Å². The molecular weight excluding hydrogens is 633 g/mol. The minimum Gasteiger partial charge on any atom is -0.449 e. The van der Waals surface area contributed by atoms with Gasteiger partial charge in [0.1, 0.15) is 16.1 Å². The average Bonchev–Trinajstić information content (AvgIpc) is 2.96. The molecule has 2 nitrogen and oxygen atoms in total. The summed E-state index contributed by atoms with van der Waals surface area (Å²) in [5.74, 6) is 0. The maximum Gasteiger partial charge on any atom is 0.206 e. The van der Waals surface area contributed by atoms with Crippen LogP contribution in [0.15, 0.2) is 97.1 Å². The van der Waals surface area contributed by atoms with Crippen molar-refractivity contribution in [2.24, 2.45) is 0 Å². The molecule has 0 saturated heterocycles. The Morgan fingerprint density at radius 3 is 0.545 bits per heavy atom. The van der Waals surface area contributed by atoms with Crippen LogP contribution in [0.1, 0.15) is 0 Å². The van der Waals surface area contributed by atoms with Crippen molar-refractivity contribution in [2.75, 3.05) is 0 Å². The van der Waals surface area contributed by atoms with E-state index in [0.717, 1.165) is 0 Å². The summed E-state index contributed by atoms with van der Waals surface area (Å²) >= 11 is 0. The fourth-order valence-corrected chi connectivity index (χ4v) is 27.6. The Balaban J connectivity index is 1.62. The van der Waals surface area contributed by atoms with E-state index in [4.69, 9.17) is 8.23 Å². The normalized spacial score (nSPS) is 21.2. The molecule has 11 rings (SSSR count). The van der Waals surface area contributed by atoms with E-state index in [0.29, 0.717) is 0 Å². The fraction of sp³-hybridized carbons (Fsp3) is 0.333. The molecule has 7 aliphatic rings. The van der Waals surface area contributed by atoms with Crippen LogP contribution in [0.4, 0.5) is 0 Å². The summed E-state index contributed by atoms with van der Waals surface area (Å²) in [6.07, 6.45) is 0. The Kier molecular flexibility index (Phi) is 8.68. The molecule has 7 heterocycles. The number of rotatable bonds is 0. The van der Waals surface area contributed by atoms with E-state index in [1.54, 1.807) is 0 Å². The highest BCUT2D eigenvalue weighted by Gasteiger charge is 2.39. The molecule has 4 aromatic rings. The second kappa shape index (κ2) is 11.4. The summed E-state index contributed by atoms with van der Waals surface area (Å²) in [6.45, 7) is 28.9. The second-order valence-electron chi connectivity index (χ2n) is 15.8. The van der Waals surface area contributed by atoms with Crippen molar-refractivity contribution in [1.82, 2.24) is 0 Å². The summed E-state index contributed by atoms with van der Waals surface area (Å²) in [7, 11) is -12.2. The molecule has 232 valence electrons. The van der Waals surface area contributed by atoms with Gasteiger partial charge in [0.25, 0.3) is 0 Å². The SMILES string of the molecule is C[Si]1(C)O[Si](C)(C)c2ccc(cc2)[Si](C)(C)c2ccc(cc2)[Si](C)(C)O[Si](C)(C)c2ccc(cc2)[Si](C)(C)c2ccc1cc2. The molecule has 0 amide bonds. The number of hydrogen-bond acceptors (Lipinski definition) is 2. The van der Waals surface area contributed by atoms with Gasteiger partial charge in [-0.25, -0.2) is 0 Å². The molecule has 0 saturated carbocycles. The summed E-state index contributed by atoms with van der Waals surface area (Å²) in [4.78, 5) is 0. The van der Waals surface area contributed by atoms with Gasteiger partial charge in [0.05, 0.1) is 0 Å². The van der Waals surface area contributed by atoms with Gasteiger partial charge in [-0.05, 0) is 73.1 Å². The predicted octanol–water partition coefficient (Wildman–Crippen LogP) is 4.73. The molecule has 0 N–H and O–H groups in total. The monoisotopic (exact) mass is 684 g/mol. The zero-order valence-electron chi connectivity index (χ0n) is 29.1. The van der Waals surface area contributed by atoms with E-state index in [2.05, 4.69) is 176 Å². The third-order valence-electron chi connectivity index (χ3n) is 10.2. The molecule has 0 atom stereocenters. The highest BCUT2D eigenvalue weighted by atomic mass is 28.4. The maximum atomic E-state index is 7.20. The zero-order valence-corrected chi connectivity index (χ0v) is 35.1. The largest absolute Gasteiger partial charge is 0.449 e. The molecule has 0 unspecified atom stereocenters. The molecule has 4 aromatic carbocycles.